The molecule has 0 fully saturated rings. The molecule has 0 saturated heterocycles. The fraction of sp³-hybridized carbons (Fsp3) is 0.368. The molecular weight excluding hydrogens is 304 g/mol. The highest BCUT2D eigenvalue weighted by Gasteiger charge is 2.20. The van der Waals surface area contributed by atoms with E-state index in [0.29, 0.717) is 12.2 Å². The van der Waals surface area contributed by atoms with Gasteiger partial charge in [0.05, 0.1) is 6.42 Å². The van der Waals surface area contributed by atoms with Crippen LogP contribution >= 0.6 is 0 Å². The quantitative estimate of drug-likeness (QED) is 0.617. The van der Waals surface area contributed by atoms with Crippen molar-refractivity contribution >= 4 is 28.3 Å². The third-order valence-corrected chi connectivity index (χ3v) is 3.89. The predicted molar refractivity (Wildman–Crippen MR) is 96.1 cm³/mol. The van der Waals surface area contributed by atoms with Crippen LogP contribution in [0.5, 0.6) is 0 Å². The number of amides is 1. The van der Waals surface area contributed by atoms with Gasteiger partial charge in [-0.05, 0) is 35.9 Å². The second kappa shape index (κ2) is 9.03. The van der Waals surface area contributed by atoms with E-state index in [2.05, 4.69) is 17.6 Å². The molecule has 0 saturated carbocycles. The van der Waals surface area contributed by atoms with Crippen molar-refractivity contribution in [2.45, 2.75) is 38.6 Å². The molecule has 0 heterocycles. The van der Waals surface area contributed by atoms with E-state index in [-0.39, 0.29) is 12.3 Å². The summed E-state index contributed by atoms with van der Waals surface area (Å²) < 4.78 is 0. The standard InChI is InChI=1S/C19H24N2O3/c1-2-3-6-11-20-17(19(23)24)13-18(22)21-16-10-9-14-7-4-5-8-15(14)12-16/h4-5,7-10,12,17,20H,2-3,6,11,13H2,1H3,(H,21,22)(H,23,24). The number of aliphatic carboxylic acids is 1. The van der Waals surface area contributed by atoms with Crippen molar-refractivity contribution in [3.05, 3.63) is 42.5 Å². The van der Waals surface area contributed by atoms with Crippen molar-refractivity contribution < 1.29 is 14.7 Å². The van der Waals surface area contributed by atoms with Gasteiger partial charge in [0.15, 0.2) is 0 Å². The normalized spacial score (nSPS) is 12.0. The molecule has 5 nitrogen and oxygen atoms in total. The van der Waals surface area contributed by atoms with Crippen LogP contribution in [0, 0.1) is 0 Å². The largest absolute Gasteiger partial charge is 0.480 e. The fourth-order valence-corrected chi connectivity index (χ4v) is 2.56. The lowest BCUT2D eigenvalue weighted by Crippen LogP contribution is -2.40. The number of rotatable bonds is 9. The minimum absolute atomic E-state index is 0.0890. The summed E-state index contributed by atoms with van der Waals surface area (Å²) in [5.41, 5.74) is 0.675. The first-order chi connectivity index (χ1) is 11.6. The number of hydrogen-bond acceptors (Lipinski definition) is 3. The number of carboxylic acid groups (broad SMARTS) is 1. The summed E-state index contributed by atoms with van der Waals surface area (Å²) in [5.74, 6) is -1.30. The molecule has 0 bridgehead atoms. The van der Waals surface area contributed by atoms with Gasteiger partial charge in [0.1, 0.15) is 6.04 Å². The van der Waals surface area contributed by atoms with Gasteiger partial charge in [-0.3, -0.25) is 9.59 Å². The number of fused-ring (bicyclic) bond motifs is 1. The Morgan fingerprint density at radius 3 is 2.54 bits per heavy atom. The van der Waals surface area contributed by atoms with Crippen LogP contribution in [0.15, 0.2) is 42.5 Å². The smallest absolute Gasteiger partial charge is 0.321 e. The Balaban J connectivity index is 1.92. The maximum Gasteiger partial charge on any atom is 0.321 e. The summed E-state index contributed by atoms with van der Waals surface area (Å²) >= 11 is 0. The van der Waals surface area contributed by atoms with E-state index in [0.717, 1.165) is 30.0 Å². The van der Waals surface area contributed by atoms with Gasteiger partial charge in [0.25, 0.3) is 0 Å². The highest BCUT2D eigenvalue weighted by atomic mass is 16.4. The third-order valence-electron chi connectivity index (χ3n) is 3.89. The molecule has 0 aromatic heterocycles. The molecule has 2 aromatic rings. The molecule has 3 N–H and O–H groups in total. The van der Waals surface area contributed by atoms with E-state index in [1.807, 2.05) is 42.5 Å². The van der Waals surface area contributed by atoms with Gasteiger partial charge in [-0.25, -0.2) is 0 Å². The van der Waals surface area contributed by atoms with Crippen LogP contribution in [-0.2, 0) is 9.59 Å². The predicted octanol–water partition coefficient (Wildman–Crippen LogP) is 3.40. The lowest BCUT2D eigenvalue weighted by Gasteiger charge is -2.14. The molecule has 128 valence electrons. The number of carbonyl (C=O) groups excluding carboxylic acids is 1. The summed E-state index contributed by atoms with van der Waals surface area (Å²) in [5, 5.41) is 17.1. The lowest BCUT2D eigenvalue weighted by molar-refractivity contribution is -0.141. The van der Waals surface area contributed by atoms with Gasteiger partial charge >= 0.3 is 5.97 Å². The first kappa shape index (κ1) is 17.9. The Labute approximate surface area is 142 Å². The average molecular weight is 328 g/mol. The van der Waals surface area contributed by atoms with Crippen LogP contribution in [0.4, 0.5) is 5.69 Å². The van der Waals surface area contributed by atoms with E-state index in [1.165, 1.54) is 0 Å². The van der Waals surface area contributed by atoms with E-state index < -0.39 is 12.0 Å². The van der Waals surface area contributed by atoms with Crippen LogP contribution in [0.3, 0.4) is 0 Å². The van der Waals surface area contributed by atoms with E-state index in [9.17, 15) is 14.7 Å². The Morgan fingerprint density at radius 1 is 1.08 bits per heavy atom. The molecule has 0 spiro atoms. The number of hydrogen-bond donors (Lipinski definition) is 3. The van der Waals surface area contributed by atoms with Crippen molar-refractivity contribution in [1.82, 2.24) is 5.32 Å². The van der Waals surface area contributed by atoms with Gasteiger partial charge in [0.2, 0.25) is 5.91 Å². The summed E-state index contributed by atoms with van der Waals surface area (Å²) in [6.07, 6.45) is 2.94. The number of nitrogens with one attached hydrogen (secondary N) is 2. The maximum absolute atomic E-state index is 12.1. The Bertz CT molecular complexity index is 700. The monoisotopic (exact) mass is 328 g/mol. The Hall–Kier alpha value is -2.40. The molecule has 0 aliphatic rings. The zero-order chi connectivity index (χ0) is 17.4. The molecule has 2 aromatic carbocycles. The summed E-state index contributed by atoms with van der Waals surface area (Å²) in [7, 11) is 0. The molecule has 5 heteroatoms. The molecule has 0 aliphatic carbocycles. The van der Waals surface area contributed by atoms with Gasteiger partial charge in [-0.15, -0.1) is 0 Å². The molecular formula is C19H24N2O3. The van der Waals surface area contributed by atoms with Crippen molar-refractivity contribution in [2.24, 2.45) is 0 Å². The van der Waals surface area contributed by atoms with Crippen molar-refractivity contribution in [1.29, 1.82) is 0 Å². The highest BCUT2D eigenvalue weighted by Crippen LogP contribution is 2.19. The molecule has 1 unspecified atom stereocenters. The molecule has 1 atom stereocenters. The van der Waals surface area contributed by atoms with Gasteiger partial charge in [0, 0.05) is 5.69 Å². The number of carboxylic acids is 1. The molecule has 1 amide bonds. The van der Waals surface area contributed by atoms with E-state index >= 15 is 0 Å². The third kappa shape index (κ3) is 5.35. The highest BCUT2D eigenvalue weighted by molar-refractivity contribution is 5.96. The number of benzene rings is 2. The number of carbonyl (C=O) groups is 2. The van der Waals surface area contributed by atoms with E-state index in [1.54, 1.807) is 0 Å². The SMILES string of the molecule is CCCCCNC(CC(=O)Nc1ccc2ccccc2c1)C(=O)O. The summed E-state index contributed by atoms with van der Waals surface area (Å²) in [4.78, 5) is 23.4. The minimum atomic E-state index is -1.000. The minimum Gasteiger partial charge on any atom is -0.480 e. The lowest BCUT2D eigenvalue weighted by atomic mass is 10.1. The van der Waals surface area contributed by atoms with Crippen molar-refractivity contribution in [2.75, 3.05) is 11.9 Å². The van der Waals surface area contributed by atoms with Crippen molar-refractivity contribution in [3.63, 3.8) is 0 Å². The second-order valence-electron chi connectivity index (χ2n) is 5.87. The molecule has 0 radical (unpaired) electrons. The Morgan fingerprint density at radius 2 is 1.83 bits per heavy atom. The first-order valence-electron chi connectivity index (χ1n) is 8.35. The zero-order valence-corrected chi connectivity index (χ0v) is 13.9. The van der Waals surface area contributed by atoms with Crippen LogP contribution in [0.1, 0.15) is 32.6 Å². The number of anilines is 1. The van der Waals surface area contributed by atoms with Crippen LogP contribution in [0.2, 0.25) is 0 Å². The van der Waals surface area contributed by atoms with Crippen LogP contribution in [-0.4, -0.2) is 29.6 Å². The molecule has 2 rings (SSSR count). The van der Waals surface area contributed by atoms with Crippen molar-refractivity contribution in [3.8, 4) is 0 Å². The average Bonchev–Trinajstić information content (AvgIpc) is 2.57. The molecule has 0 aliphatic heterocycles. The topological polar surface area (TPSA) is 78.4 Å². The summed E-state index contributed by atoms with van der Waals surface area (Å²) in [6.45, 7) is 2.69. The first-order valence-corrected chi connectivity index (χ1v) is 8.35. The zero-order valence-electron chi connectivity index (χ0n) is 13.9. The maximum atomic E-state index is 12.1. The van der Waals surface area contributed by atoms with Gasteiger partial charge in [-0.1, -0.05) is 50.1 Å². The van der Waals surface area contributed by atoms with Gasteiger partial charge in [-0.2, -0.15) is 0 Å². The van der Waals surface area contributed by atoms with Crippen LogP contribution in [0.25, 0.3) is 10.8 Å². The van der Waals surface area contributed by atoms with Crippen LogP contribution < -0.4 is 10.6 Å². The van der Waals surface area contributed by atoms with Gasteiger partial charge < -0.3 is 15.7 Å². The summed E-state index contributed by atoms with van der Waals surface area (Å²) in [6, 6.07) is 12.7. The second-order valence-corrected chi connectivity index (χ2v) is 5.87. The number of unbranched alkanes of at least 4 members (excludes halogenated alkanes) is 2. The Kier molecular flexibility index (Phi) is 6.75. The molecule has 24 heavy (non-hydrogen) atoms. The fourth-order valence-electron chi connectivity index (χ4n) is 2.56. The van der Waals surface area contributed by atoms with E-state index in [4.69, 9.17) is 0 Å².